The molecule has 1 aliphatic heterocycles. The van der Waals surface area contributed by atoms with E-state index in [1.165, 1.54) is 55.5 Å². The van der Waals surface area contributed by atoms with Gasteiger partial charge in [0.25, 0.3) is 0 Å². The lowest BCUT2D eigenvalue weighted by Crippen LogP contribution is -2.48. The fourth-order valence-corrected chi connectivity index (χ4v) is 6.63. The number of likely N-dealkylation sites (tertiary alicyclic amines) is 1. The number of nitrogens with zero attached hydrogens (tertiary/aromatic N) is 3. The molecule has 0 spiro atoms. The molecular formula is C41H40F5N3O3S. The summed E-state index contributed by atoms with van der Waals surface area (Å²) in [6.07, 6.45) is -5.19. The number of halogens is 5. The monoisotopic (exact) mass is 761 g/mol. The van der Waals surface area contributed by atoms with Crippen LogP contribution < -0.4 is 5.43 Å². The highest BCUT2D eigenvalue weighted by Gasteiger charge is 2.31. The minimum atomic E-state index is -4.61. The van der Waals surface area contributed by atoms with Crippen LogP contribution in [0.15, 0.2) is 101 Å². The van der Waals surface area contributed by atoms with Crippen molar-refractivity contribution in [1.29, 1.82) is 0 Å². The van der Waals surface area contributed by atoms with Crippen LogP contribution in [0.3, 0.4) is 0 Å². The van der Waals surface area contributed by atoms with Gasteiger partial charge in [0.1, 0.15) is 6.50 Å². The Balaban J connectivity index is 1.53. The first-order valence-corrected chi connectivity index (χ1v) is 17.2. The summed E-state index contributed by atoms with van der Waals surface area (Å²) in [7, 11) is 0.965. The summed E-state index contributed by atoms with van der Waals surface area (Å²) in [4.78, 5) is 30.8. The first-order chi connectivity index (χ1) is 30.1. The summed E-state index contributed by atoms with van der Waals surface area (Å²) < 4.78 is 181. The molecule has 2 heterocycles. The van der Waals surface area contributed by atoms with Crippen molar-refractivity contribution in [3.8, 4) is 11.1 Å². The van der Waals surface area contributed by atoms with E-state index in [-0.39, 0.29) is 42.6 Å². The first-order valence-electron chi connectivity index (χ1n) is 22.2. The molecule has 1 saturated heterocycles. The number of carbonyl (C=O) groups is 1. The van der Waals surface area contributed by atoms with E-state index in [4.69, 9.17) is 15.7 Å². The van der Waals surface area contributed by atoms with E-state index >= 15 is 4.79 Å². The molecule has 5 aromatic rings. The summed E-state index contributed by atoms with van der Waals surface area (Å²) in [6.45, 7) is -11.6. The van der Waals surface area contributed by atoms with Crippen LogP contribution in [-0.2, 0) is 34.5 Å². The number of amides is 1. The number of methoxy groups -OCH3 is 1. The third-order valence-electron chi connectivity index (χ3n) is 8.43. The van der Waals surface area contributed by atoms with E-state index in [2.05, 4.69) is 0 Å². The summed E-state index contributed by atoms with van der Waals surface area (Å²) in [5.74, 6) is -4.79. The third kappa shape index (κ3) is 9.17. The van der Waals surface area contributed by atoms with Crippen molar-refractivity contribution in [3.05, 3.63) is 135 Å². The lowest BCUT2D eigenvalue weighted by atomic mass is 10.00. The maximum atomic E-state index is 15.3. The van der Waals surface area contributed by atoms with Gasteiger partial charge >= 0.3 is 6.18 Å². The fraction of sp³-hybridized carbons (Fsp3) is 0.317. The van der Waals surface area contributed by atoms with Gasteiger partial charge in [-0.1, -0.05) is 54.6 Å². The number of benzene rings is 4. The molecule has 12 heteroatoms. The van der Waals surface area contributed by atoms with Gasteiger partial charge in [-0.15, -0.1) is 11.8 Å². The summed E-state index contributed by atoms with van der Waals surface area (Å²) in [5, 5.41) is -1.48. The standard InChI is InChI=1S/C41H40F5N3O3S/c1-27-6-15-34-36(22-27)49(39(23-37(34)50)53-26-31-4-3-5-35(42)40(31)43)25-38(51)48(33-16-18-47(19-17-33)20-21-52-2)24-28-7-9-29(10-8-28)30-11-13-32(14-12-30)41(44,45)46/h3-15,22-23,33H,16-21,24-26H2,1-2H3/i6D,15D,20D2,21D2,22D,23D,24D2,25D2. The molecule has 1 fully saturated rings. The lowest BCUT2D eigenvalue weighted by Gasteiger charge is -2.39. The Morgan fingerprint density at radius 1 is 1.00 bits per heavy atom. The van der Waals surface area contributed by atoms with Crippen molar-refractivity contribution < 1.29 is 47.9 Å². The number of hydrogen-bond acceptors (Lipinski definition) is 5. The van der Waals surface area contributed by atoms with Gasteiger partial charge in [-0.3, -0.25) is 9.59 Å². The number of carbonyl (C=O) groups excluding carboxylic acids is 1. The van der Waals surface area contributed by atoms with Gasteiger partial charge in [-0.05, 0) is 72.3 Å². The Labute approximate surface area is 326 Å². The molecule has 0 atom stereocenters. The van der Waals surface area contributed by atoms with Gasteiger partial charge in [0.2, 0.25) is 5.91 Å². The zero-order valence-corrected chi connectivity index (χ0v) is 29.1. The van der Waals surface area contributed by atoms with Crippen molar-refractivity contribution in [2.24, 2.45) is 0 Å². The van der Waals surface area contributed by atoms with Gasteiger partial charge in [0, 0.05) is 64.7 Å². The average Bonchev–Trinajstić information content (AvgIpc) is 3.26. The molecule has 6 rings (SSSR count). The maximum Gasteiger partial charge on any atom is 0.416 e. The summed E-state index contributed by atoms with van der Waals surface area (Å²) in [5.41, 5.74) is -3.02. The number of pyridine rings is 1. The van der Waals surface area contributed by atoms with Crippen molar-refractivity contribution in [2.45, 2.75) is 55.8 Å². The molecule has 1 aromatic heterocycles. The van der Waals surface area contributed by atoms with Gasteiger partial charge < -0.3 is 19.1 Å². The van der Waals surface area contributed by atoms with E-state index in [1.807, 2.05) is 0 Å². The highest BCUT2D eigenvalue weighted by atomic mass is 32.2. The van der Waals surface area contributed by atoms with E-state index in [9.17, 15) is 32.2 Å². The molecule has 0 N–H and O–H groups in total. The van der Waals surface area contributed by atoms with E-state index in [0.717, 1.165) is 30.2 Å². The number of piperidine rings is 1. The Hall–Kier alpha value is -4.52. The highest BCUT2D eigenvalue weighted by molar-refractivity contribution is 7.98. The first kappa shape index (κ1) is 25.5. The predicted molar refractivity (Wildman–Crippen MR) is 198 cm³/mol. The predicted octanol–water partition coefficient (Wildman–Crippen LogP) is 8.71. The van der Waals surface area contributed by atoms with Crippen LogP contribution in [0.2, 0.25) is 0 Å². The number of fused-ring (bicyclic) bond motifs is 1. The number of rotatable bonds is 12. The van der Waals surface area contributed by atoms with E-state index in [1.54, 1.807) is 0 Å². The van der Waals surface area contributed by atoms with Crippen LogP contribution >= 0.6 is 11.8 Å². The van der Waals surface area contributed by atoms with Crippen molar-refractivity contribution >= 4 is 28.6 Å². The molecule has 1 aliphatic rings. The second kappa shape index (κ2) is 16.7. The SMILES string of the molecule is [2H]c1c(C)c([2H])c2c(c1[2H])c(=O)c([2H])c(SCc1cccc(F)c1F)n2C([2H])([2H])C(=O)N(C1CCN(C([2H])([2H])C([2H])([2H])OC)CC1)C([2H])([2H])c1ccc(-c2ccc(C(F)(F)F)cc2)cc1. The second-order valence-corrected chi connectivity index (χ2v) is 13.0. The highest BCUT2D eigenvalue weighted by Crippen LogP contribution is 2.32. The molecule has 0 aliphatic carbocycles. The molecule has 4 aromatic carbocycles. The third-order valence-corrected chi connectivity index (χ3v) is 9.44. The minimum absolute atomic E-state index is 0.235. The van der Waals surface area contributed by atoms with Gasteiger partial charge in [0.05, 0.1) is 36.4 Å². The molecule has 0 bridgehead atoms. The van der Waals surface area contributed by atoms with Gasteiger partial charge in [-0.25, -0.2) is 8.78 Å². The molecule has 0 unspecified atom stereocenters. The molecule has 0 saturated carbocycles. The van der Waals surface area contributed by atoms with Crippen LogP contribution in [0.4, 0.5) is 22.0 Å². The van der Waals surface area contributed by atoms with E-state index < -0.39 is 113 Å². The van der Waals surface area contributed by atoms with Crippen LogP contribution in [-0.4, -0.2) is 59.6 Å². The number of hydrogen-bond donors (Lipinski definition) is 0. The van der Waals surface area contributed by atoms with Crippen LogP contribution in [0.5, 0.6) is 0 Å². The summed E-state index contributed by atoms with van der Waals surface area (Å²) in [6, 6.07) is 8.04. The molecule has 278 valence electrons. The van der Waals surface area contributed by atoms with Crippen LogP contribution in [0.25, 0.3) is 22.0 Å². The largest absolute Gasteiger partial charge is 0.416 e. The molecule has 6 nitrogen and oxygen atoms in total. The van der Waals surface area contributed by atoms with Gasteiger partial charge in [-0.2, -0.15) is 13.2 Å². The van der Waals surface area contributed by atoms with Crippen molar-refractivity contribution in [3.63, 3.8) is 0 Å². The zero-order chi connectivity index (χ0) is 48.4. The van der Waals surface area contributed by atoms with E-state index in [0.29, 0.717) is 32.4 Å². The minimum Gasteiger partial charge on any atom is -0.383 e. The Morgan fingerprint density at radius 3 is 2.34 bits per heavy atom. The number of aromatic nitrogens is 1. The fourth-order valence-electron chi connectivity index (χ4n) is 5.68. The number of alkyl halides is 3. The normalized spacial score (nSPS) is 18.5. The quantitative estimate of drug-likeness (QED) is 0.0941. The smallest absolute Gasteiger partial charge is 0.383 e. The van der Waals surface area contributed by atoms with Crippen molar-refractivity contribution in [1.82, 2.24) is 14.4 Å². The zero-order valence-electron chi connectivity index (χ0n) is 40.3. The topological polar surface area (TPSA) is 54.8 Å². The Bertz CT molecular complexity index is 2700. The van der Waals surface area contributed by atoms with Crippen LogP contribution in [0.1, 0.15) is 51.5 Å². The van der Waals surface area contributed by atoms with Gasteiger partial charge in [0.15, 0.2) is 17.1 Å². The second-order valence-electron chi connectivity index (χ2n) is 12.0. The lowest BCUT2D eigenvalue weighted by molar-refractivity contribution is -0.137. The number of thioether (sulfide) groups is 1. The maximum absolute atomic E-state index is 15.3. The molecule has 1 amide bonds. The summed E-state index contributed by atoms with van der Waals surface area (Å²) >= 11 is 0.423. The Kier molecular flexibility index (Phi) is 8.01. The Morgan fingerprint density at radius 2 is 1.68 bits per heavy atom. The molecule has 0 radical (unpaired) electrons. The number of ether oxygens (including phenoxy) is 1. The average molecular weight is 762 g/mol. The van der Waals surface area contributed by atoms with Crippen LogP contribution in [0, 0.1) is 18.6 Å². The molecular weight excluding hydrogens is 710 g/mol. The molecule has 53 heavy (non-hydrogen) atoms. The van der Waals surface area contributed by atoms with Crippen molar-refractivity contribution in [2.75, 3.05) is 33.3 Å².